The molecule has 1 heterocycles. The molecule has 25 heavy (non-hydrogen) atoms. The zero-order valence-corrected chi connectivity index (χ0v) is 14.5. The monoisotopic (exact) mass is 333 g/mol. The first-order chi connectivity index (χ1) is 12.2. The fourth-order valence-electron chi connectivity index (χ4n) is 3.91. The van der Waals surface area contributed by atoms with Crippen LogP contribution in [0.2, 0.25) is 0 Å². The fraction of sp³-hybridized carbons (Fsp3) is 0.286. The van der Waals surface area contributed by atoms with Gasteiger partial charge in [-0.2, -0.15) is 0 Å². The Bertz CT molecular complexity index is 938. The van der Waals surface area contributed by atoms with Crippen LogP contribution in [0.1, 0.15) is 41.4 Å². The van der Waals surface area contributed by atoms with Gasteiger partial charge in [0.1, 0.15) is 0 Å². The van der Waals surface area contributed by atoms with E-state index in [4.69, 9.17) is 5.73 Å². The lowest BCUT2D eigenvalue weighted by Crippen LogP contribution is -2.11. The SMILES string of the molecule is CCn1c2c(c3cc(C(=O)Nc4ccc(N)cc4)ccc31)CCCC2. The number of amides is 1. The van der Waals surface area contributed by atoms with Gasteiger partial charge in [-0.1, -0.05) is 0 Å². The molecule has 0 atom stereocenters. The number of benzene rings is 2. The largest absolute Gasteiger partial charge is 0.399 e. The molecule has 0 bridgehead atoms. The highest BCUT2D eigenvalue weighted by atomic mass is 16.1. The molecule has 3 N–H and O–H groups in total. The third-order valence-electron chi connectivity index (χ3n) is 5.12. The lowest BCUT2D eigenvalue weighted by atomic mass is 9.95. The van der Waals surface area contributed by atoms with E-state index < -0.39 is 0 Å². The number of aryl methyl sites for hydroxylation is 2. The maximum Gasteiger partial charge on any atom is 0.255 e. The molecule has 1 aliphatic rings. The Hall–Kier alpha value is -2.75. The number of nitrogens with two attached hydrogens (primary N) is 1. The molecule has 3 aromatic rings. The Balaban J connectivity index is 1.71. The highest BCUT2D eigenvalue weighted by molar-refractivity contribution is 6.06. The lowest BCUT2D eigenvalue weighted by Gasteiger charge is -2.14. The van der Waals surface area contributed by atoms with Crippen LogP contribution in [0.4, 0.5) is 11.4 Å². The maximum atomic E-state index is 12.6. The number of hydrogen-bond donors (Lipinski definition) is 2. The second kappa shape index (κ2) is 6.28. The molecule has 0 saturated carbocycles. The number of hydrogen-bond acceptors (Lipinski definition) is 2. The van der Waals surface area contributed by atoms with Crippen LogP contribution in [0.25, 0.3) is 10.9 Å². The van der Waals surface area contributed by atoms with Crippen LogP contribution in [-0.2, 0) is 19.4 Å². The van der Waals surface area contributed by atoms with E-state index in [-0.39, 0.29) is 5.91 Å². The van der Waals surface area contributed by atoms with Crippen LogP contribution >= 0.6 is 0 Å². The van der Waals surface area contributed by atoms with E-state index in [0.717, 1.165) is 25.1 Å². The van der Waals surface area contributed by atoms with Gasteiger partial charge in [0.25, 0.3) is 5.91 Å². The lowest BCUT2D eigenvalue weighted by molar-refractivity contribution is 0.102. The minimum Gasteiger partial charge on any atom is -0.399 e. The van der Waals surface area contributed by atoms with Gasteiger partial charge in [-0.15, -0.1) is 0 Å². The normalized spacial score (nSPS) is 13.6. The van der Waals surface area contributed by atoms with Gasteiger partial charge >= 0.3 is 0 Å². The van der Waals surface area contributed by atoms with E-state index in [1.807, 2.05) is 18.2 Å². The molecular formula is C21H23N3O. The van der Waals surface area contributed by atoms with Gasteiger partial charge in [-0.05, 0) is 80.6 Å². The number of anilines is 2. The molecule has 4 rings (SSSR count). The second-order valence-corrected chi connectivity index (χ2v) is 6.68. The number of rotatable bonds is 3. The summed E-state index contributed by atoms with van der Waals surface area (Å²) in [7, 11) is 0. The standard InChI is InChI=1S/C21H23N3O/c1-2-24-19-6-4-3-5-17(19)18-13-14(7-12-20(18)24)21(25)23-16-10-8-15(22)9-11-16/h7-13H,2-6,22H2,1H3,(H,23,25). The minimum atomic E-state index is -0.0829. The topological polar surface area (TPSA) is 60.0 Å². The fourth-order valence-corrected chi connectivity index (χ4v) is 3.91. The van der Waals surface area contributed by atoms with Gasteiger partial charge in [0.2, 0.25) is 0 Å². The summed E-state index contributed by atoms with van der Waals surface area (Å²) in [5, 5.41) is 4.19. The Morgan fingerprint density at radius 1 is 1.12 bits per heavy atom. The predicted octanol–water partition coefficient (Wildman–Crippen LogP) is 4.37. The van der Waals surface area contributed by atoms with Crippen molar-refractivity contribution in [3.8, 4) is 0 Å². The Morgan fingerprint density at radius 3 is 2.64 bits per heavy atom. The Morgan fingerprint density at radius 2 is 1.88 bits per heavy atom. The number of carbonyl (C=O) groups excluding carboxylic acids is 1. The average Bonchev–Trinajstić information content (AvgIpc) is 2.96. The van der Waals surface area contributed by atoms with E-state index in [1.54, 1.807) is 12.1 Å². The quantitative estimate of drug-likeness (QED) is 0.699. The summed E-state index contributed by atoms with van der Waals surface area (Å²) in [4.78, 5) is 12.6. The van der Waals surface area contributed by atoms with Crippen molar-refractivity contribution >= 4 is 28.2 Å². The summed E-state index contributed by atoms with van der Waals surface area (Å²) in [6.07, 6.45) is 4.75. The number of nitrogens with zero attached hydrogens (tertiary/aromatic N) is 1. The van der Waals surface area contributed by atoms with Gasteiger partial charge in [-0.3, -0.25) is 4.79 Å². The van der Waals surface area contributed by atoms with Gasteiger partial charge in [0.15, 0.2) is 0 Å². The van der Waals surface area contributed by atoms with Crippen LogP contribution in [0.15, 0.2) is 42.5 Å². The molecule has 0 aliphatic heterocycles. The molecule has 1 aromatic heterocycles. The first-order valence-corrected chi connectivity index (χ1v) is 8.98. The van der Waals surface area contributed by atoms with Crippen LogP contribution < -0.4 is 11.1 Å². The van der Waals surface area contributed by atoms with Gasteiger partial charge in [-0.25, -0.2) is 0 Å². The Labute approximate surface area is 147 Å². The first-order valence-electron chi connectivity index (χ1n) is 8.98. The third kappa shape index (κ3) is 2.78. The van der Waals surface area contributed by atoms with Crippen molar-refractivity contribution in [2.24, 2.45) is 0 Å². The highest BCUT2D eigenvalue weighted by Gasteiger charge is 2.20. The molecule has 128 valence electrons. The summed E-state index contributed by atoms with van der Waals surface area (Å²) >= 11 is 0. The molecule has 1 amide bonds. The number of carbonyl (C=O) groups is 1. The summed E-state index contributed by atoms with van der Waals surface area (Å²) < 4.78 is 2.41. The summed E-state index contributed by atoms with van der Waals surface area (Å²) in [5.74, 6) is -0.0829. The molecule has 1 aliphatic carbocycles. The van der Waals surface area contributed by atoms with Crippen LogP contribution in [0.3, 0.4) is 0 Å². The van der Waals surface area contributed by atoms with E-state index >= 15 is 0 Å². The van der Waals surface area contributed by atoms with Crippen LogP contribution in [0.5, 0.6) is 0 Å². The summed E-state index contributed by atoms with van der Waals surface area (Å²) in [5.41, 5.74) is 12.0. The van der Waals surface area contributed by atoms with Crippen molar-refractivity contribution in [3.05, 3.63) is 59.3 Å². The highest BCUT2D eigenvalue weighted by Crippen LogP contribution is 2.33. The van der Waals surface area contributed by atoms with Crippen molar-refractivity contribution in [2.75, 3.05) is 11.1 Å². The van der Waals surface area contributed by atoms with Crippen molar-refractivity contribution in [2.45, 2.75) is 39.2 Å². The zero-order chi connectivity index (χ0) is 17.4. The smallest absolute Gasteiger partial charge is 0.255 e. The maximum absolute atomic E-state index is 12.6. The molecule has 0 radical (unpaired) electrons. The third-order valence-corrected chi connectivity index (χ3v) is 5.12. The molecule has 4 heteroatoms. The van der Waals surface area contributed by atoms with Crippen molar-refractivity contribution in [3.63, 3.8) is 0 Å². The molecule has 2 aromatic carbocycles. The second-order valence-electron chi connectivity index (χ2n) is 6.68. The van der Waals surface area contributed by atoms with Gasteiger partial charge in [0.05, 0.1) is 0 Å². The molecule has 0 unspecified atom stereocenters. The molecule has 0 saturated heterocycles. The summed E-state index contributed by atoms with van der Waals surface area (Å²) in [6, 6.07) is 13.3. The molecule has 0 fully saturated rings. The van der Waals surface area contributed by atoms with E-state index in [9.17, 15) is 4.79 Å². The number of fused-ring (bicyclic) bond motifs is 3. The van der Waals surface area contributed by atoms with E-state index in [0.29, 0.717) is 11.3 Å². The average molecular weight is 333 g/mol. The van der Waals surface area contributed by atoms with E-state index in [2.05, 4.69) is 28.9 Å². The molecular weight excluding hydrogens is 310 g/mol. The molecule has 0 spiro atoms. The first kappa shape index (κ1) is 15.8. The Kier molecular flexibility index (Phi) is 3.96. The molecule has 4 nitrogen and oxygen atoms in total. The van der Waals surface area contributed by atoms with Crippen molar-refractivity contribution in [1.29, 1.82) is 0 Å². The zero-order valence-electron chi connectivity index (χ0n) is 14.5. The van der Waals surface area contributed by atoms with Crippen molar-refractivity contribution in [1.82, 2.24) is 4.57 Å². The van der Waals surface area contributed by atoms with Crippen LogP contribution in [-0.4, -0.2) is 10.5 Å². The van der Waals surface area contributed by atoms with Crippen molar-refractivity contribution < 1.29 is 4.79 Å². The van der Waals surface area contributed by atoms with Crippen LogP contribution in [0, 0.1) is 0 Å². The minimum absolute atomic E-state index is 0.0829. The summed E-state index contributed by atoms with van der Waals surface area (Å²) in [6.45, 7) is 3.17. The van der Waals surface area contributed by atoms with Gasteiger partial charge < -0.3 is 15.6 Å². The number of aromatic nitrogens is 1. The predicted molar refractivity (Wildman–Crippen MR) is 103 cm³/mol. The van der Waals surface area contributed by atoms with Gasteiger partial charge in [0, 0.05) is 40.1 Å². The van der Waals surface area contributed by atoms with E-state index in [1.165, 1.54) is 35.0 Å². The number of nitrogens with one attached hydrogen (secondary N) is 1. The number of nitrogen functional groups attached to an aromatic ring is 1.